The highest BCUT2D eigenvalue weighted by Gasteiger charge is 2.23. The van der Waals surface area contributed by atoms with Crippen LogP contribution in [0.15, 0.2) is 46.4 Å². The number of aromatic nitrogens is 4. The van der Waals surface area contributed by atoms with E-state index in [1.54, 1.807) is 24.2 Å². The zero-order valence-corrected chi connectivity index (χ0v) is 16.1. The topological polar surface area (TPSA) is 77.1 Å². The first-order valence-electron chi connectivity index (χ1n) is 8.58. The lowest BCUT2D eigenvalue weighted by molar-refractivity contribution is 0.0732. The van der Waals surface area contributed by atoms with Crippen molar-refractivity contribution in [2.45, 2.75) is 26.4 Å². The van der Waals surface area contributed by atoms with Gasteiger partial charge in [-0.1, -0.05) is 17.3 Å². The standard InChI is InChI=1S/C19H19N5O2S/c1-12(18-20-8-9-27-18)23(3)19(25)16-10-14(26-22-16)11-24-13(2)21-15-6-4-5-7-17(15)24/h4-10,12H,11H2,1-3H3/t12-/m0/s1. The Kier molecular flexibility index (Phi) is 4.49. The summed E-state index contributed by atoms with van der Waals surface area (Å²) in [6.45, 7) is 4.36. The molecule has 7 nitrogen and oxygen atoms in total. The molecule has 0 aliphatic heterocycles. The number of aryl methyl sites for hydroxylation is 1. The van der Waals surface area contributed by atoms with E-state index < -0.39 is 0 Å². The van der Waals surface area contributed by atoms with Crippen LogP contribution in [-0.4, -0.2) is 37.5 Å². The average Bonchev–Trinajstić information content (AvgIpc) is 3.41. The second-order valence-corrected chi connectivity index (χ2v) is 7.30. The zero-order valence-electron chi connectivity index (χ0n) is 15.3. The van der Waals surface area contributed by atoms with Gasteiger partial charge in [-0.05, 0) is 26.0 Å². The molecule has 0 N–H and O–H groups in total. The zero-order chi connectivity index (χ0) is 19.0. The molecule has 0 radical (unpaired) electrons. The molecular formula is C19H19N5O2S. The van der Waals surface area contributed by atoms with E-state index in [9.17, 15) is 4.79 Å². The fourth-order valence-electron chi connectivity index (χ4n) is 3.00. The molecule has 0 saturated carbocycles. The number of carbonyl (C=O) groups is 1. The molecule has 4 aromatic rings. The van der Waals surface area contributed by atoms with Crippen molar-refractivity contribution in [2.24, 2.45) is 0 Å². The van der Waals surface area contributed by atoms with Crippen LogP contribution in [0.2, 0.25) is 0 Å². The quantitative estimate of drug-likeness (QED) is 0.527. The van der Waals surface area contributed by atoms with E-state index in [1.807, 2.05) is 48.1 Å². The van der Waals surface area contributed by atoms with Gasteiger partial charge in [0, 0.05) is 24.7 Å². The van der Waals surface area contributed by atoms with Crippen LogP contribution >= 0.6 is 11.3 Å². The first-order valence-corrected chi connectivity index (χ1v) is 9.46. The van der Waals surface area contributed by atoms with E-state index in [2.05, 4.69) is 15.1 Å². The smallest absolute Gasteiger partial charge is 0.276 e. The Balaban J connectivity index is 1.54. The number of carbonyl (C=O) groups excluding carboxylic acids is 1. The summed E-state index contributed by atoms with van der Waals surface area (Å²) in [6, 6.07) is 9.50. The van der Waals surface area contributed by atoms with Crippen molar-refractivity contribution in [3.8, 4) is 0 Å². The minimum Gasteiger partial charge on any atom is -0.359 e. The molecule has 0 fully saturated rings. The highest BCUT2D eigenvalue weighted by Crippen LogP contribution is 2.23. The number of benzene rings is 1. The van der Waals surface area contributed by atoms with E-state index in [0.29, 0.717) is 12.3 Å². The highest BCUT2D eigenvalue weighted by molar-refractivity contribution is 7.09. The van der Waals surface area contributed by atoms with Crippen LogP contribution in [0.4, 0.5) is 0 Å². The number of hydrogen-bond acceptors (Lipinski definition) is 6. The third-order valence-electron chi connectivity index (χ3n) is 4.65. The predicted molar refractivity (Wildman–Crippen MR) is 103 cm³/mol. The average molecular weight is 381 g/mol. The second-order valence-electron chi connectivity index (χ2n) is 6.37. The van der Waals surface area contributed by atoms with Crippen molar-refractivity contribution in [3.05, 3.63) is 64.2 Å². The van der Waals surface area contributed by atoms with E-state index in [4.69, 9.17) is 4.52 Å². The molecule has 138 valence electrons. The molecular weight excluding hydrogens is 362 g/mol. The Bertz CT molecular complexity index is 1080. The summed E-state index contributed by atoms with van der Waals surface area (Å²) < 4.78 is 7.47. The van der Waals surface area contributed by atoms with Gasteiger partial charge in [0.05, 0.1) is 23.6 Å². The summed E-state index contributed by atoms with van der Waals surface area (Å²) in [5.74, 6) is 1.30. The van der Waals surface area contributed by atoms with Gasteiger partial charge in [-0.2, -0.15) is 0 Å². The summed E-state index contributed by atoms with van der Waals surface area (Å²) in [5.41, 5.74) is 2.24. The van der Waals surface area contributed by atoms with Crippen molar-refractivity contribution in [1.29, 1.82) is 0 Å². The number of nitrogens with zero attached hydrogens (tertiary/aromatic N) is 5. The number of fused-ring (bicyclic) bond motifs is 1. The van der Waals surface area contributed by atoms with Gasteiger partial charge in [-0.25, -0.2) is 9.97 Å². The minimum atomic E-state index is -0.195. The molecule has 0 aliphatic carbocycles. The van der Waals surface area contributed by atoms with Crippen LogP contribution in [0.5, 0.6) is 0 Å². The maximum Gasteiger partial charge on any atom is 0.276 e. The van der Waals surface area contributed by atoms with Crippen molar-refractivity contribution in [2.75, 3.05) is 7.05 Å². The maximum atomic E-state index is 12.7. The van der Waals surface area contributed by atoms with Gasteiger partial charge in [0.25, 0.3) is 5.91 Å². The Hall–Kier alpha value is -3.00. The first-order chi connectivity index (χ1) is 13.0. The van der Waals surface area contributed by atoms with E-state index in [0.717, 1.165) is 21.9 Å². The van der Waals surface area contributed by atoms with Crippen LogP contribution in [0.1, 0.15) is 40.0 Å². The van der Waals surface area contributed by atoms with Crippen LogP contribution in [-0.2, 0) is 6.54 Å². The third-order valence-corrected chi connectivity index (χ3v) is 5.59. The number of rotatable bonds is 5. The molecule has 3 heterocycles. The molecule has 1 atom stereocenters. The van der Waals surface area contributed by atoms with Crippen molar-refractivity contribution in [3.63, 3.8) is 0 Å². The summed E-state index contributed by atoms with van der Waals surface area (Å²) in [5, 5.41) is 6.76. The number of hydrogen-bond donors (Lipinski definition) is 0. The van der Waals surface area contributed by atoms with Gasteiger partial charge < -0.3 is 14.0 Å². The molecule has 8 heteroatoms. The maximum absolute atomic E-state index is 12.7. The Morgan fingerprint density at radius 1 is 1.37 bits per heavy atom. The first kappa shape index (κ1) is 17.4. The lowest BCUT2D eigenvalue weighted by Gasteiger charge is -2.21. The largest absolute Gasteiger partial charge is 0.359 e. The SMILES string of the molecule is Cc1nc2ccccc2n1Cc1cc(C(=O)N(C)[C@@H](C)c2nccs2)no1. The van der Waals surface area contributed by atoms with Crippen LogP contribution in [0.25, 0.3) is 11.0 Å². The molecule has 0 unspecified atom stereocenters. The summed E-state index contributed by atoms with van der Waals surface area (Å²) in [7, 11) is 1.75. The number of amides is 1. The van der Waals surface area contributed by atoms with Gasteiger partial charge in [-0.3, -0.25) is 4.79 Å². The fraction of sp³-hybridized carbons (Fsp3) is 0.263. The number of thiazole rings is 1. The molecule has 4 rings (SSSR count). The summed E-state index contributed by atoms with van der Waals surface area (Å²) in [6.07, 6.45) is 1.74. The molecule has 0 saturated heterocycles. The Morgan fingerprint density at radius 3 is 2.96 bits per heavy atom. The molecule has 27 heavy (non-hydrogen) atoms. The van der Waals surface area contributed by atoms with Gasteiger partial charge >= 0.3 is 0 Å². The lowest BCUT2D eigenvalue weighted by atomic mass is 10.2. The Labute approximate surface area is 160 Å². The number of para-hydroxylation sites is 2. The lowest BCUT2D eigenvalue weighted by Crippen LogP contribution is -2.29. The fourth-order valence-corrected chi connectivity index (χ4v) is 3.74. The van der Waals surface area contributed by atoms with Gasteiger partial charge in [0.2, 0.25) is 0 Å². The van der Waals surface area contributed by atoms with E-state index >= 15 is 0 Å². The molecule has 1 aromatic carbocycles. The predicted octanol–water partition coefficient (Wildman–Crippen LogP) is 3.67. The normalized spacial score (nSPS) is 12.4. The van der Waals surface area contributed by atoms with Crippen LogP contribution in [0.3, 0.4) is 0 Å². The second kappa shape index (κ2) is 6.96. The highest BCUT2D eigenvalue weighted by atomic mass is 32.1. The molecule has 0 spiro atoms. The molecule has 1 amide bonds. The van der Waals surface area contributed by atoms with Crippen molar-refractivity contribution < 1.29 is 9.32 Å². The summed E-state index contributed by atoms with van der Waals surface area (Å²) in [4.78, 5) is 23.2. The third kappa shape index (κ3) is 3.23. The van der Waals surface area contributed by atoms with E-state index in [1.165, 1.54) is 11.3 Å². The van der Waals surface area contributed by atoms with Gasteiger partial charge in [0.15, 0.2) is 11.5 Å². The van der Waals surface area contributed by atoms with Crippen LogP contribution in [0, 0.1) is 6.92 Å². The van der Waals surface area contributed by atoms with Crippen LogP contribution < -0.4 is 0 Å². The Morgan fingerprint density at radius 2 is 2.19 bits per heavy atom. The molecule has 0 bridgehead atoms. The van der Waals surface area contributed by atoms with Gasteiger partial charge in [0.1, 0.15) is 10.8 Å². The molecule has 0 aliphatic rings. The minimum absolute atomic E-state index is 0.127. The van der Waals surface area contributed by atoms with Crippen molar-refractivity contribution in [1.82, 2.24) is 24.6 Å². The summed E-state index contributed by atoms with van der Waals surface area (Å²) >= 11 is 1.52. The van der Waals surface area contributed by atoms with Gasteiger partial charge in [-0.15, -0.1) is 11.3 Å². The monoisotopic (exact) mass is 381 g/mol. The van der Waals surface area contributed by atoms with E-state index in [-0.39, 0.29) is 17.6 Å². The number of imidazole rings is 1. The molecule has 3 aromatic heterocycles. The van der Waals surface area contributed by atoms with Crippen molar-refractivity contribution >= 4 is 28.3 Å².